The Bertz CT molecular complexity index is 430. The van der Waals surface area contributed by atoms with Crippen molar-refractivity contribution in [3.05, 3.63) is 11.4 Å². The van der Waals surface area contributed by atoms with Crippen LogP contribution in [0.25, 0.3) is 4.85 Å². The Morgan fingerprint density at radius 2 is 1.82 bits per heavy atom. The molecule has 1 atom stereocenters. The van der Waals surface area contributed by atoms with Gasteiger partial charge >= 0.3 is 6.09 Å². The van der Waals surface area contributed by atoms with Crippen molar-refractivity contribution in [2.24, 2.45) is 0 Å². The van der Waals surface area contributed by atoms with Gasteiger partial charge in [-0.3, -0.25) is 4.90 Å². The SMILES string of the molecule is [C-]#[N+]C1CCC(N2CCN(C(=O)OC(C)(C)C)[C@H](C)C2)CC1. The number of ether oxygens (including phenoxy) is 1. The zero-order chi connectivity index (χ0) is 16.3. The van der Waals surface area contributed by atoms with E-state index in [-0.39, 0.29) is 18.2 Å². The molecule has 1 amide bonds. The average Bonchev–Trinajstić information content (AvgIpc) is 2.45. The molecule has 1 heterocycles. The van der Waals surface area contributed by atoms with E-state index in [4.69, 9.17) is 11.3 Å². The predicted molar refractivity (Wildman–Crippen MR) is 86.6 cm³/mol. The van der Waals surface area contributed by atoms with Gasteiger partial charge in [0.2, 0.25) is 6.04 Å². The minimum atomic E-state index is -0.438. The van der Waals surface area contributed by atoms with Gasteiger partial charge in [-0.05, 0) is 40.5 Å². The van der Waals surface area contributed by atoms with Crippen LogP contribution < -0.4 is 0 Å². The second kappa shape index (κ2) is 6.87. The second-order valence-electron chi connectivity index (χ2n) is 7.61. The Morgan fingerprint density at radius 1 is 1.18 bits per heavy atom. The average molecular weight is 307 g/mol. The van der Waals surface area contributed by atoms with Gasteiger partial charge in [-0.1, -0.05) is 0 Å². The van der Waals surface area contributed by atoms with Crippen molar-refractivity contribution in [3.8, 4) is 0 Å². The molecule has 0 N–H and O–H groups in total. The molecule has 0 aromatic rings. The van der Waals surface area contributed by atoms with Gasteiger partial charge in [0.1, 0.15) is 5.60 Å². The standard InChI is InChI=1S/C17H29N3O2/c1-13-12-19(15-8-6-14(18-5)7-9-15)10-11-20(13)16(21)22-17(2,3)4/h13-15H,6-12H2,1-4H3/t13-,14?,15?/m1/s1. The molecule has 0 spiro atoms. The molecule has 1 saturated heterocycles. The van der Waals surface area contributed by atoms with Crippen molar-refractivity contribution in [1.82, 2.24) is 9.80 Å². The normalized spacial score (nSPS) is 30.7. The number of amides is 1. The van der Waals surface area contributed by atoms with Crippen LogP contribution in [-0.4, -0.2) is 59.3 Å². The number of carbonyl (C=O) groups is 1. The molecule has 1 saturated carbocycles. The van der Waals surface area contributed by atoms with Gasteiger partial charge in [0.15, 0.2) is 0 Å². The van der Waals surface area contributed by atoms with Crippen molar-refractivity contribution in [1.29, 1.82) is 0 Å². The number of hydrogen-bond donors (Lipinski definition) is 0. The first-order valence-electron chi connectivity index (χ1n) is 8.40. The van der Waals surface area contributed by atoms with Gasteiger partial charge in [-0.25, -0.2) is 11.4 Å². The molecular formula is C17H29N3O2. The third kappa shape index (κ3) is 4.36. The Kier molecular flexibility index (Phi) is 5.33. The van der Waals surface area contributed by atoms with Gasteiger partial charge in [0, 0.05) is 44.6 Å². The van der Waals surface area contributed by atoms with E-state index in [1.807, 2.05) is 25.7 Å². The van der Waals surface area contributed by atoms with E-state index in [2.05, 4.69) is 16.7 Å². The maximum Gasteiger partial charge on any atom is 0.410 e. The van der Waals surface area contributed by atoms with Crippen LogP contribution in [-0.2, 0) is 4.74 Å². The van der Waals surface area contributed by atoms with E-state index in [1.54, 1.807) is 0 Å². The summed E-state index contributed by atoms with van der Waals surface area (Å²) in [6.45, 7) is 17.5. The molecule has 0 radical (unpaired) electrons. The van der Waals surface area contributed by atoms with Crippen LogP contribution in [0.2, 0.25) is 0 Å². The number of hydrogen-bond acceptors (Lipinski definition) is 3. The maximum atomic E-state index is 12.2. The Morgan fingerprint density at radius 3 is 2.32 bits per heavy atom. The van der Waals surface area contributed by atoms with E-state index in [1.165, 1.54) is 0 Å². The van der Waals surface area contributed by atoms with E-state index in [0.717, 1.165) is 45.3 Å². The molecule has 124 valence electrons. The minimum Gasteiger partial charge on any atom is -0.444 e. The summed E-state index contributed by atoms with van der Waals surface area (Å²) in [6, 6.07) is 1.00. The lowest BCUT2D eigenvalue weighted by Crippen LogP contribution is -2.57. The van der Waals surface area contributed by atoms with Crippen LogP contribution in [0, 0.1) is 6.57 Å². The highest BCUT2D eigenvalue weighted by atomic mass is 16.6. The zero-order valence-electron chi connectivity index (χ0n) is 14.3. The van der Waals surface area contributed by atoms with Gasteiger partial charge < -0.3 is 14.5 Å². The maximum absolute atomic E-state index is 12.2. The van der Waals surface area contributed by atoms with Crippen molar-refractivity contribution in [2.45, 2.75) is 77.1 Å². The molecule has 2 fully saturated rings. The summed E-state index contributed by atoms with van der Waals surface area (Å²) >= 11 is 0. The summed E-state index contributed by atoms with van der Waals surface area (Å²) < 4.78 is 5.49. The molecule has 5 heteroatoms. The Balaban J connectivity index is 1.85. The van der Waals surface area contributed by atoms with E-state index in [9.17, 15) is 4.79 Å². The third-order valence-corrected chi connectivity index (χ3v) is 4.65. The van der Waals surface area contributed by atoms with Crippen molar-refractivity contribution in [3.63, 3.8) is 0 Å². The fourth-order valence-electron chi connectivity index (χ4n) is 3.46. The molecule has 0 bridgehead atoms. The molecule has 5 nitrogen and oxygen atoms in total. The highest BCUT2D eigenvalue weighted by molar-refractivity contribution is 5.68. The van der Waals surface area contributed by atoms with E-state index in [0.29, 0.717) is 6.04 Å². The molecule has 1 aliphatic carbocycles. The molecule has 1 aliphatic heterocycles. The first-order chi connectivity index (χ1) is 10.3. The highest BCUT2D eigenvalue weighted by Gasteiger charge is 2.35. The summed E-state index contributed by atoms with van der Waals surface area (Å²) in [5.41, 5.74) is -0.438. The number of carbonyl (C=O) groups excluding carboxylic acids is 1. The second-order valence-corrected chi connectivity index (χ2v) is 7.61. The number of nitrogens with zero attached hydrogens (tertiary/aromatic N) is 3. The van der Waals surface area contributed by atoms with Gasteiger partial charge in [0.05, 0.1) is 0 Å². The van der Waals surface area contributed by atoms with E-state index >= 15 is 0 Å². The van der Waals surface area contributed by atoms with Crippen molar-refractivity contribution < 1.29 is 9.53 Å². The number of piperazine rings is 1. The fraction of sp³-hybridized carbons (Fsp3) is 0.882. The number of rotatable bonds is 1. The quantitative estimate of drug-likeness (QED) is 0.698. The van der Waals surface area contributed by atoms with Crippen LogP contribution in [0.5, 0.6) is 0 Å². The zero-order valence-corrected chi connectivity index (χ0v) is 14.3. The van der Waals surface area contributed by atoms with Crippen LogP contribution in [0.3, 0.4) is 0 Å². The molecule has 2 aliphatic rings. The lowest BCUT2D eigenvalue weighted by Gasteiger charge is -2.44. The van der Waals surface area contributed by atoms with Gasteiger partial charge in [-0.2, -0.15) is 0 Å². The summed E-state index contributed by atoms with van der Waals surface area (Å²) in [5.74, 6) is 0. The van der Waals surface area contributed by atoms with Gasteiger partial charge in [0.25, 0.3) is 0 Å². The largest absolute Gasteiger partial charge is 0.444 e. The molecule has 0 unspecified atom stereocenters. The molecule has 0 aromatic heterocycles. The summed E-state index contributed by atoms with van der Waals surface area (Å²) in [6.07, 6.45) is 4.08. The monoisotopic (exact) mass is 307 g/mol. The summed E-state index contributed by atoms with van der Waals surface area (Å²) in [5, 5.41) is 0. The van der Waals surface area contributed by atoms with Crippen LogP contribution in [0.4, 0.5) is 4.79 Å². The molecule has 22 heavy (non-hydrogen) atoms. The van der Waals surface area contributed by atoms with Gasteiger partial charge in [-0.15, -0.1) is 0 Å². The van der Waals surface area contributed by atoms with Crippen LogP contribution >= 0.6 is 0 Å². The lowest BCUT2D eigenvalue weighted by atomic mass is 9.90. The lowest BCUT2D eigenvalue weighted by molar-refractivity contribution is -0.00718. The smallest absolute Gasteiger partial charge is 0.410 e. The first kappa shape index (κ1) is 17.1. The summed E-state index contributed by atoms with van der Waals surface area (Å²) in [4.78, 5) is 20.3. The Hall–Kier alpha value is -1.28. The van der Waals surface area contributed by atoms with E-state index < -0.39 is 5.60 Å². The van der Waals surface area contributed by atoms with Crippen LogP contribution in [0.1, 0.15) is 53.4 Å². The fourth-order valence-corrected chi connectivity index (χ4v) is 3.46. The Labute approximate surface area is 134 Å². The topological polar surface area (TPSA) is 37.1 Å². The van der Waals surface area contributed by atoms with Crippen molar-refractivity contribution in [2.75, 3.05) is 19.6 Å². The summed E-state index contributed by atoms with van der Waals surface area (Å²) in [7, 11) is 0. The first-order valence-corrected chi connectivity index (χ1v) is 8.40. The van der Waals surface area contributed by atoms with Crippen molar-refractivity contribution >= 4 is 6.09 Å². The molecule has 2 rings (SSSR count). The highest BCUT2D eigenvalue weighted by Crippen LogP contribution is 2.27. The molecular weight excluding hydrogens is 278 g/mol. The third-order valence-electron chi connectivity index (χ3n) is 4.65. The minimum absolute atomic E-state index is 0.183. The molecule has 0 aromatic carbocycles. The van der Waals surface area contributed by atoms with Crippen LogP contribution in [0.15, 0.2) is 0 Å². The predicted octanol–water partition coefficient (Wildman–Crippen LogP) is 3.16.